The lowest BCUT2D eigenvalue weighted by Crippen LogP contribution is -2.35. The van der Waals surface area contributed by atoms with E-state index in [-0.39, 0.29) is 18.0 Å². The van der Waals surface area contributed by atoms with Gasteiger partial charge in [-0.3, -0.25) is 14.2 Å². The first kappa shape index (κ1) is 17.9. The smallest absolute Gasteiger partial charge is 0.297 e. The van der Waals surface area contributed by atoms with Crippen LogP contribution in [0.15, 0.2) is 92.9 Å². The van der Waals surface area contributed by atoms with Crippen molar-refractivity contribution in [2.45, 2.75) is 12.6 Å². The molecule has 1 N–H and O–H groups in total. The van der Waals surface area contributed by atoms with Crippen molar-refractivity contribution in [1.82, 2.24) is 14.9 Å². The van der Waals surface area contributed by atoms with Crippen LogP contribution in [0.25, 0.3) is 22.1 Å². The highest BCUT2D eigenvalue weighted by molar-refractivity contribution is 6.01. The molecule has 3 heterocycles. The summed E-state index contributed by atoms with van der Waals surface area (Å²) in [4.78, 5) is 30.0. The lowest BCUT2D eigenvalue weighted by Gasteiger charge is -2.17. The molecule has 0 fully saturated rings. The van der Waals surface area contributed by atoms with Crippen molar-refractivity contribution in [3.05, 3.63) is 101 Å². The Hall–Kier alpha value is -4.13. The first-order chi connectivity index (χ1) is 14.7. The fourth-order valence-electron chi connectivity index (χ4n) is 3.51. The quantitative estimate of drug-likeness (QED) is 0.487. The molecule has 0 bridgehead atoms. The van der Waals surface area contributed by atoms with E-state index in [1.54, 1.807) is 24.5 Å². The van der Waals surface area contributed by atoms with Gasteiger partial charge in [0.2, 0.25) is 11.5 Å². The van der Waals surface area contributed by atoms with Gasteiger partial charge in [0.05, 0.1) is 12.6 Å². The van der Waals surface area contributed by atoms with Gasteiger partial charge in [0.15, 0.2) is 0 Å². The molecule has 1 amide bonds. The number of hydrogen-bond acceptors (Lipinski definition) is 5. The first-order valence-corrected chi connectivity index (χ1v) is 9.45. The number of fused-ring (bicyclic) bond motifs is 3. The van der Waals surface area contributed by atoms with Crippen molar-refractivity contribution < 1.29 is 13.6 Å². The molecule has 2 aromatic carbocycles. The van der Waals surface area contributed by atoms with Gasteiger partial charge in [-0.15, -0.1) is 0 Å². The van der Waals surface area contributed by atoms with E-state index in [1.807, 2.05) is 48.5 Å². The van der Waals surface area contributed by atoms with Gasteiger partial charge >= 0.3 is 0 Å². The topological polar surface area (TPSA) is 90.3 Å². The molecule has 1 atom stereocenters. The third kappa shape index (κ3) is 3.16. The molecule has 5 rings (SSSR count). The van der Waals surface area contributed by atoms with Crippen LogP contribution >= 0.6 is 0 Å². The molecule has 0 saturated heterocycles. The summed E-state index contributed by atoms with van der Waals surface area (Å²) in [5.41, 5.74) is 1.68. The predicted octanol–water partition coefficient (Wildman–Crippen LogP) is 3.64. The lowest BCUT2D eigenvalue weighted by atomic mass is 10.0. The van der Waals surface area contributed by atoms with E-state index in [1.165, 1.54) is 10.9 Å². The SMILES string of the molecule is O=C(Cn1cnc2c(oc3ccccc32)c1=O)NC(c1ccccc1)c1ccco1. The standard InChI is InChI=1S/C23H17N3O4/c27-19(25-20(18-11-6-12-29-18)15-7-2-1-3-8-15)13-26-14-24-21-16-9-4-5-10-17(16)30-22(21)23(26)28/h1-12,14,20H,13H2,(H,25,27). The van der Waals surface area contributed by atoms with Gasteiger partial charge in [-0.2, -0.15) is 0 Å². The van der Waals surface area contributed by atoms with Crippen molar-refractivity contribution >= 4 is 28.0 Å². The molecule has 0 saturated carbocycles. The third-order valence-corrected chi connectivity index (χ3v) is 4.93. The number of nitrogens with one attached hydrogen (secondary N) is 1. The van der Waals surface area contributed by atoms with E-state index in [4.69, 9.17) is 8.83 Å². The number of nitrogens with zero attached hydrogens (tertiary/aromatic N) is 2. The number of para-hydroxylation sites is 1. The Kier molecular flexibility index (Phi) is 4.40. The minimum absolute atomic E-state index is 0.136. The average molecular weight is 399 g/mol. The summed E-state index contributed by atoms with van der Waals surface area (Å²) in [6, 6.07) is 19.9. The summed E-state index contributed by atoms with van der Waals surface area (Å²) in [7, 11) is 0. The maximum absolute atomic E-state index is 12.8. The summed E-state index contributed by atoms with van der Waals surface area (Å²) >= 11 is 0. The van der Waals surface area contributed by atoms with Gasteiger partial charge in [0.1, 0.15) is 29.4 Å². The molecule has 30 heavy (non-hydrogen) atoms. The highest BCUT2D eigenvalue weighted by atomic mass is 16.3. The van der Waals surface area contributed by atoms with E-state index >= 15 is 0 Å². The van der Waals surface area contributed by atoms with Crippen LogP contribution in [0.5, 0.6) is 0 Å². The fourth-order valence-corrected chi connectivity index (χ4v) is 3.51. The van der Waals surface area contributed by atoms with Crippen LogP contribution in [-0.4, -0.2) is 15.5 Å². The monoisotopic (exact) mass is 399 g/mol. The van der Waals surface area contributed by atoms with Gasteiger partial charge in [-0.05, 0) is 29.8 Å². The highest BCUT2D eigenvalue weighted by Gasteiger charge is 2.20. The molecule has 1 unspecified atom stereocenters. The van der Waals surface area contributed by atoms with Crippen LogP contribution in [0.1, 0.15) is 17.4 Å². The summed E-state index contributed by atoms with van der Waals surface area (Å²) in [5.74, 6) is 0.257. The van der Waals surface area contributed by atoms with E-state index in [0.29, 0.717) is 16.9 Å². The Morgan fingerprint density at radius 1 is 1.03 bits per heavy atom. The van der Waals surface area contributed by atoms with Crippen LogP contribution in [-0.2, 0) is 11.3 Å². The number of benzene rings is 2. The Morgan fingerprint density at radius 2 is 1.83 bits per heavy atom. The molecule has 0 radical (unpaired) electrons. The predicted molar refractivity (Wildman–Crippen MR) is 111 cm³/mol. The number of aromatic nitrogens is 2. The van der Waals surface area contributed by atoms with Crippen LogP contribution in [0, 0.1) is 0 Å². The second-order valence-corrected chi connectivity index (χ2v) is 6.88. The van der Waals surface area contributed by atoms with E-state index in [0.717, 1.165) is 10.9 Å². The van der Waals surface area contributed by atoms with E-state index < -0.39 is 11.6 Å². The number of furan rings is 2. The van der Waals surface area contributed by atoms with Gasteiger partial charge in [0, 0.05) is 5.39 Å². The number of carbonyl (C=O) groups excluding carboxylic acids is 1. The molecule has 0 aliphatic rings. The zero-order chi connectivity index (χ0) is 20.5. The van der Waals surface area contributed by atoms with Crippen LogP contribution in [0.3, 0.4) is 0 Å². The van der Waals surface area contributed by atoms with Crippen molar-refractivity contribution in [2.75, 3.05) is 0 Å². The zero-order valence-corrected chi connectivity index (χ0v) is 15.8. The molecule has 5 aromatic rings. The average Bonchev–Trinajstić information content (AvgIpc) is 3.43. The molecule has 7 heteroatoms. The van der Waals surface area contributed by atoms with E-state index in [2.05, 4.69) is 10.3 Å². The Balaban J connectivity index is 1.44. The van der Waals surface area contributed by atoms with Crippen LogP contribution in [0.4, 0.5) is 0 Å². The normalized spacial score (nSPS) is 12.3. The van der Waals surface area contributed by atoms with Crippen LogP contribution in [0.2, 0.25) is 0 Å². The zero-order valence-electron chi connectivity index (χ0n) is 15.8. The summed E-state index contributed by atoms with van der Waals surface area (Å²) in [6.07, 6.45) is 2.93. The largest absolute Gasteiger partial charge is 0.467 e. The van der Waals surface area contributed by atoms with Gasteiger partial charge in [-0.1, -0.05) is 42.5 Å². The molecule has 0 spiro atoms. The van der Waals surface area contributed by atoms with Crippen molar-refractivity contribution in [2.24, 2.45) is 0 Å². The number of amides is 1. The molecular formula is C23H17N3O4. The second-order valence-electron chi connectivity index (χ2n) is 6.88. The summed E-state index contributed by atoms with van der Waals surface area (Å²) in [5, 5.41) is 3.70. The Labute approximate surface area is 170 Å². The van der Waals surface area contributed by atoms with Gasteiger partial charge in [0.25, 0.3) is 5.56 Å². The summed E-state index contributed by atoms with van der Waals surface area (Å²) in [6.45, 7) is -0.192. The van der Waals surface area contributed by atoms with Gasteiger partial charge < -0.3 is 14.2 Å². The maximum atomic E-state index is 12.8. The number of carbonyl (C=O) groups is 1. The van der Waals surface area contributed by atoms with Crippen molar-refractivity contribution in [3.63, 3.8) is 0 Å². The Bertz CT molecular complexity index is 1380. The van der Waals surface area contributed by atoms with Crippen molar-refractivity contribution in [3.8, 4) is 0 Å². The van der Waals surface area contributed by atoms with Crippen LogP contribution < -0.4 is 10.9 Å². The summed E-state index contributed by atoms with van der Waals surface area (Å²) < 4.78 is 12.4. The minimum atomic E-state index is -0.465. The third-order valence-electron chi connectivity index (χ3n) is 4.93. The molecule has 0 aliphatic heterocycles. The molecule has 3 aromatic heterocycles. The number of rotatable bonds is 5. The Morgan fingerprint density at radius 3 is 2.63 bits per heavy atom. The molecule has 0 aliphatic carbocycles. The minimum Gasteiger partial charge on any atom is -0.467 e. The molecule has 148 valence electrons. The fraction of sp³-hybridized carbons (Fsp3) is 0.0870. The van der Waals surface area contributed by atoms with Crippen molar-refractivity contribution in [1.29, 1.82) is 0 Å². The van der Waals surface area contributed by atoms with Gasteiger partial charge in [-0.25, -0.2) is 4.98 Å². The second kappa shape index (κ2) is 7.36. The maximum Gasteiger partial charge on any atom is 0.297 e. The number of hydrogen-bond donors (Lipinski definition) is 1. The highest BCUT2D eigenvalue weighted by Crippen LogP contribution is 2.24. The molecular weight excluding hydrogens is 382 g/mol. The lowest BCUT2D eigenvalue weighted by molar-refractivity contribution is -0.122. The first-order valence-electron chi connectivity index (χ1n) is 9.45. The molecule has 7 nitrogen and oxygen atoms in total. The van der Waals surface area contributed by atoms with E-state index in [9.17, 15) is 9.59 Å².